The first kappa shape index (κ1) is 17.8. The molecule has 0 saturated carbocycles. The maximum Gasteiger partial charge on any atom is 0.330 e. The van der Waals surface area contributed by atoms with Gasteiger partial charge in [0.25, 0.3) is 5.56 Å². The summed E-state index contributed by atoms with van der Waals surface area (Å²) in [6, 6.07) is 4.14. The number of fused-ring (bicyclic) bond motifs is 5. The average molecular weight is 395 g/mol. The number of imide groups is 2. The Labute approximate surface area is 166 Å². The van der Waals surface area contributed by atoms with E-state index in [1.54, 1.807) is 18.3 Å². The van der Waals surface area contributed by atoms with Gasteiger partial charge in [0.05, 0.1) is 11.6 Å². The van der Waals surface area contributed by atoms with Crippen LogP contribution >= 0.6 is 0 Å². The van der Waals surface area contributed by atoms with Crippen molar-refractivity contribution < 1.29 is 14.4 Å². The first-order valence-corrected chi connectivity index (χ1v) is 9.85. The van der Waals surface area contributed by atoms with Gasteiger partial charge in [0.2, 0.25) is 11.8 Å². The zero-order valence-corrected chi connectivity index (χ0v) is 16.1. The minimum Gasteiger partial charge on any atom is -0.352 e. The first-order valence-electron chi connectivity index (χ1n) is 9.85. The first-order chi connectivity index (χ1) is 13.9. The summed E-state index contributed by atoms with van der Waals surface area (Å²) in [5, 5.41) is 2.33. The summed E-state index contributed by atoms with van der Waals surface area (Å²) in [5.74, 6) is -0.615. The average Bonchev–Trinajstić information content (AvgIpc) is 2.98. The number of hydrogen-bond donors (Lipinski definition) is 1. The van der Waals surface area contributed by atoms with E-state index in [2.05, 4.69) is 5.32 Å². The lowest BCUT2D eigenvalue weighted by molar-refractivity contribution is -0.152. The fraction of sp³-hybridized carbons (Fsp3) is 0.450. The van der Waals surface area contributed by atoms with Gasteiger partial charge in [-0.1, -0.05) is 18.9 Å². The normalized spacial score (nSPS) is 26.9. The van der Waals surface area contributed by atoms with Gasteiger partial charge in [-0.3, -0.25) is 29.0 Å². The van der Waals surface area contributed by atoms with Crippen molar-refractivity contribution in [3.05, 3.63) is 40.3 Å². The van der Waals surface area contributed by atoms with Crippen molar-refractivity contribution in [2.75, 3.05) is 18.5 Å². The smallest absolute Gasteiger partial charge is 0.330 e. The Kier molecular flexibility index (Phi) is 3.77. The highest BCUT2D eigenvalue weighted by molar-refractivity contribution is 6.20. The van der Waals surface area contributed by atoms with Crippen molar-refractivity contribution in [1.29, 1.82) is 0 Å². The van der Waals surface area contributed by atoms with Crippen LogP contribution in [-0.2, 0) is 16.0 Å². The maximum atomic E-state index is 13.4. The summed E-state index contributed by atoms with van der Waals surface area (Å²) in [7, 11) is 1.37. The standard InChI is InChI=1S/C20H21N5O4/c1-23-18(28)20(17(27)22-19(23)29)11-12-15(24-9-5-2-3-7-13(20)24)21-14-8-4-6-10-25(14)16(12)26/h4,6,8,10,13H,2-3,5,7,9,11H2,1H3,(H,22,27,29)/t13-,20-/m0/s1. The molecule has 1 N–H and O–H groups in total. The lowest BCUT2D eigenvalue weighted by Gasteiger charge is -2.50. The molecule has 0 aromatic carbocycles. The number of nitrogens with zero attached hydrogens (tertiary/aromatic N) is 4. The van der Waals surface area contributed by atoms with Crippen LogP contribution in [0.15, 0.2) is 29.2 Å². The van der Waals surface area contributed by atoms with E-state index in [-0.39, 0.29) is 12.0 Å². The molecule has 5 heterocycles. The molecule has 0 aliphatic carbocycles. The number of hydrogen-bond acceptors (Lipinski definition) is 6. The van der Waals surface area contributed by atoms with Gasteiger partial charge in [-0.2, -0.15) is 0 Å². The molecule has 4 amide bonds. The van der Waals surface area contributed by atoms with Gasteiger partial charge < -0.3 is 4.90 Å². The number of anilines is 1. The molecule has 1 spiro atoms. The molecule has 29 heavy (non-hydrogen) atoms. The predicted octanol–water partition coefficient (Wildman–Crippen LogP) is 0.694. The van der Waals surface area contributed by atoms with E-state index in [9.17, 15) is 19.2 Å². The Morgan fingerprint density at radius 2 is 1.97 bits per heavy atom. The Morgan fingerprint density at radius 3 is 2.79 bits per heavy atom. The van der Waals surface area contributed by atoms with Crippen LogP contribution in [0.25, 0.3) is 5.65 Å². The minimum absolute atomic E-state index is 0.0601. The van der Waals surface area contributed by atoms with Crippen molar-refractivity contribution in [2.24, 2.45) is 5.41 Å². The van der Waals surface area contributed by atoms with Crippen molar-refractivity contribution in [2.45, 2.75) is 38.1 Å². The number of aromatic nitrogens is 2. The molecule has 2 atom stereocenters. The molecule has 5 rings (SSSR count). The van der Waals surface area contributed by atoms with Gasteiger partial charge in [0, 0.05) is 26.2 Å². The summed E-state index contributed by atoms with van der Waals surface area (Å²) < 4.78 is 1.44. The third kappa shape index (κ3) is 2.30. The minimum atomic E-state index is -1.51. The van der Waals surface area contributed by atoms with Crippen LogP contribution in [0, 0.1) is 5.41 Å². The third-order valence-electron chi connectivity index (χ3n) is 6.47. The molecular formula is C20H21N5O4. The maximum absolute atomic E-state index is 13.4. The summed E-state index contributed by atoms with van der Waals surface area (Å²) in [5.41, 5.74) is -0.919. The number of pyridine rings is 1. The van der Waals surface area contributed by atoms with Crippen LogP contribution in [-0.4, -0.2) is 51.8 Å². The van der Waals surface area contributed by atoms with Gasteiger partial charge in [0.1, 0.15) is 11.5 Å². The highest BCUT2D eigenvalue weighted by Gasteiger charge is 2.62. The van der Waals surface area contributed by atoms with Crippen LogP contribution < -0.4 is 15.8 Å². The molecule has 9 heteroatoms. The van der Waals surface area contributed by atoms with Crippen LogP contribution in [0.1, 0.15) is 31.2 Å². The zero-order valence-electron chi connectivity index (χ0n) is 16.1. The van der Waals surface area contributed by atoms with Crippen molar-refractivity contribution in [1.82, 2.24) is 19.6 Å². The van der Waals surface area contributed by atoms with E-state index >= 15 is 0 Å². The summed E-state index contributed by atoms with van der Waals surface area (Å²) in [6.07, 6.45) is 4.90. The lowest BCUT2D eigenvalue weighted by Crippen LogP contribution is -2.71. The quantitative estimate of drug-likeness (QED) is 0.659. The monoisotopic (exact) mass is 395 g/mol. The van der Waals surface area contributed by atoms with Crippen molar-refractivity contribution in [3.63, 3.8) is 0 Å². The SMILES string of the molecule is CN1C(=O)NC(=O)[C@@]2(Cc3c(nc4ccccn4c3=O)N3CCCCC[C@H]32)C1=O. The Hall–Kier alpha value is -3.23. The molecule has 0 unspecified atom stereocenters. The second-order valence-corrected chi connectivity index (χ2v) is 7.98. The van der Waals surface area contributed by atoms with Crippen LogP contribution in [0.2, 0.25) is 0 Å². The second-order valence-electron chi connectivity index (χ2n) is 7.98. The van der Waals surface area contributed by atoms with Gasteiger partial charge >= 0.3 is 6.03 Å². The summed E-state index contributed by atoms with van der Waals surface area (Å²) in [6.45, 7) is 0.604. The Balaban J connectivity index is 1.79. The Bertz CT molecular complexity index is 1130. The zero-order chi connectivity index (χ0) is 20.3. The molecule has 2 aromatic rings. The van der Waals surface area contributed by atoms with Gasteiger partial charge in [-0.25, -0.2) is 9.78 Å². The van der Waals surface area contributed by atoms with Crippen LogP contribution in [0.3, 0.4) is 0 Å². The highest BCUT2D eigenvalue weighted by Crippen LogP contribution is 2.45. The van der Waals surface area contributed by atoms with E-state index in [1.165, 1.54) is 11.4 Å². The van der Waals surface area contributed by atoms with E-state index in [0.717, 1.165) is 24.2 Å². The van der Waals surface area contributed by atoms with E-state index in [4.69, 9.17) is 4.98 Å². The molecule has 2 saturated heterocycles. The number of amides is 4. The number of rotatable bonds is 0. The molecule has 3 aliphatic rings. The molecule has 2 aromatic heterocycles. The topological polar surface area (TPSA) is 104 Å². The molecular weight excluding hydrogens is 374 g/mol. The number of barbiturate groups is 1. The molecule has 3 aliphatic heterocycles. The molecule has 2 fully saturated rings. The van der Waals surface area contributed by atoms with E-state index < -0.39 is 29.3 Å². The molecule has 0 radical (unpaired) electrons. The molecule has 150 valence electrons. The van der Waals surface area contributed by atoms with E-state index in [0.29, 0.717) is 30.0 Å². The van der Waals surface area contributed by atoms with Crippen molar-refractivity contribution >= 4 is 29.3 Å². The summed E-state index contributed by atoms with van der Waals surface area (Å²) >= 11 is 0. The third-order valence-corrected chi connectivity index (χ3v) is 6.47. The fourth-order valence-corrected chi connectivity index (χ4v) is 5.01. The fourth-order valence-electron chi connectivity index (χ4n) is 5.01. The summed E-state index contributed by atoms with van der Waals surface area (Å²) in [4.78, 5) is 59.5. The predicted molar refractivity (Wildman–Crippen MR) is 104 cm³/mol. The largest absolute Gasteiger partial charge is 0.352 e. The Morgan fingerprint density at radius 1 is 1.14 bits per heavy atom. The number of carbonyl (C=O) groups excluding carboxylic acids is 3. The number of carbonyl (C=O) groups is 3. The van der Waals surface area contributed by atoms with Gasteiger partial charge in [-0.15, -0.1) is 0 Å². The van der Waals surface area contributed by atoms with Gasteiger partial charge in [-0.05, 0) is 25.0 Å². The number of urea groups is 1. The second kappa shape index (κ2) is 6.13. The molecule has 9 nitrogen and oxygen atoms in total. The van der Waals surface area contributed by atoms with Crippen LogP contribution in [0.5, 0.6) is 0 Å². The van der Waals surface area contributed by atoms with E-state index in [1.807, 2.05) is 11.0 Å². The van der Waals surface area contributed by atoms with Crippen molar-refractivity contribution in [3.8, 4) is 0 Å². The number of nitrogens with one attached hydrogen (secondary N) is 1. The van der Waals surface area contributed by atoms with Crippen LogP contribution in [0.4, 0.5) is 10.6 Å². The molecule has 0 bridgehead atoms. The van der Waals surface area contributed by atoms with Gasteiger partial charge in [0.15, 0.2) is 5.41 Å². The lowest BCUT2D eigenvalue weighted by atomic mass is 9.68. The highest BCUT2D eigenvalue weighted by atomic mass is 16.2.